The molecule has 0 spiro atoms. The first kappa shape index (κ1) is 21.0. The van der Waals surface area contributed by atoms with Crippen molar-refractivity contribution < 1.29 is 19.1 Å². The Labute approximate surface area is 184 Å². The fourth-order valence-electron chi connectivity index (χ4n) is 3.69. The van der Waals surface area contributed by atoms with E-state index < -0.39 is 18.0 Å². The van der Waals surface area contributed by atoms with Gasteiger partial charge in [0.05, 0.1) is 17.3 Å². The maximum atomic E-state index is 12.9. The molecule has 0 bridgehead atoms. The molecule has 7 nitrogen and oxygen atoms in total. The van der Waals surface area contributed by atoms with Crippen LogP contribution in [0, 0.1) is 0 Å². The lowest BCUT2D eigenvalue weighted by atomic mass is 9.96. The molecular weight excluding hydrogens is 414 g/mol. The molecule has 2 aliphatic rings. The van der Waals surface area contributed by atoms with E-state index in [4.69, 9.17) is 4.74 Å². The second-order valence-corrected chi connectivity index (χ2v) is 8.16. The molecule has 0 aliphatic carbocycles. The number of hydrogen-bond donors (Lipinski definition) is 2. The molecule has 31 heavy (non-hydrogen) atoms. The Bertz CT molecular complexity index is 1050. The van der Waals surface area contributed by atoms with E-state index in [2.05, 4.69) is 17.6 Å². The van der Waals surface area contributed by atoms with Crippen LogP contribution in [0.25, 0.3) is 0 Å². The average Bonchev–Trinajstić information content (AvgIpc) is 3.17. The standard InChI is InChI=1S/C23H23N3O4S/c1-3-14-4-8-16(9-5-14)24-19(27)12-26-18-13-30-22(28)20(18)21(25-23(26)29)15-6-10-17(31-2)11-7-15/h4-11,21H,3,12-13H2,1-2H3,(H,24,27)(H,25,29)/t21-/m1/s1. The number of thioether (sulfide) groups is 1. The van der Waals surface area contributed by atoms with Crippen LogP contribution in [0.5, 0.6) is 0 Å². The normalized spacial score (nSPS) is 17.9. The topological polar surface area (TPSA) is 87.7 Å². The lowest BCUT2D eigenvalue weighted by Gasteiger charge is -2.32. The fraction of sp³-hybridized carbons (Fsp3) is 0.261. The van der Waals surface area contributed by atoms with Crippen LogP contribution in [0.4, 0.5) is 10.5 Å². The molecule has 0 radical (unpaired) electrons. The zero-order valence-corrected chi connectivity index (χ0v) is 18.1. The van der Waals surface area contributed by atoms with Gasteiger partial charge < -0.3 is 15.4 Å². The summed E-state index contributed by atoms with van der Waals surface area (Å²) in [6, 6.07) is 14.2. The molecule has 2 heterocycles. The summed E-state index contributed by atoms with van der Waals surface area (Å²) in [5, 5.41) is 5.64. The second-order valence-electron chi connectivity index (χ2n) is 7.28. The van der Waals surface area contributed by atoms with E-state index in [1.54, 1.807) is 11.8 Å². The maximum Gasteiger partial charge on any atom is 0.338 e. The van der Waals surface area contributed by atoms with Crippen molar-refractivity contribution >= 4 is 35.4 Å². The molecule has 0 aromatic heterocycles. The van der Waals surface area contributed by atoms with Crippen LogP contribution in [0.2, 0.25) is 0 Å². The smallest absolute Gasteiger partial charge is 0.338 e. The van der Waals surface area contributed by atoms with Crippen molar-refractivity contribution in [1.82, 2.24) is 10.2 Å². The van der Waals surface area contributed by atoms with Gasteiger partial charge in [0.1, 0.15) is 13.2 Å². The lowest BCUT2D eigenvalue weighted by Crippen LogP contribution is -2.49. The number of cyclic esters (lactones) is 1. The first-order valence-corrected chi connectivity index (χ1v) is 11.2. The quantitative estimate of drug-likeness (QED) is 0.534. The van der Waals surface area contributed by atoms with Gasteiger partial charge >= 0.3 is 12.0 Å². The highest BCUT2D eigenvalue weighted by molar-refractivity contribution is 7.98. The van der Waals surface area contributed by atoms with Crippen molar-refractivity contribution in [3.8, 4) is 0 Å². The number of carbonyl (C=O) groups excluding carboxylic acids is 3. The summed E-state index contributed by atoms with van der Waals surface area (Å²) < 4.78 is 5.22. The van der Waals surface area contributed by atoms with E-state index in [-0.39, 0.29) is 19.1 Å². The minimum atomic E-state index is -0.602. The predicted octanol–water partition coefficient (Wildman–Crippen LogP) is 3.49. The number of nitrogens with zero attached hydrogens (tertiary/aromatic N) is 1. The molecule has 2 aromatic carbocycles. The van der Waals surface area contributed by atoms with E-state index >= 15 is 0 Å². The summed E-state index contributed by atoms with van der Waals surface area (Å²) in [6.45, 7) is 1.82. The monoisotopic (exact) mass is 437 g/mol. The molecule has 160 valence electrons. The van der Waals surface area contributed by atoms with E-state index in [9.17, 15) is 14.4 Å². The van der Waals surface area contributed by atoms with Crippen molar-refractivity contribution in [2.75, 3.05) is 24.7 Å². The summed E-state index contributed by atoms with van der Waals surface area (Å²) in [5.74, 6) is -0.831. The average molecular weight is 438 g/mol. The third kappa shape index (κ3) is 4.29. The Hall–Kier alpha value is -3.26. The summed E-state index contributed by atoms with van der Waals surface area (Å²) in [7, 11) is 0. The van der Waals surface area contributed by atoms with Gasteiger partial charge in [0.15, 0.2) is 0 Å². The Morgan fingerprint density at radius 2 is 1.87 bits per heavy atom. The third-order valence-electron chi connectivity index (χ3n) is 5.40. The van der Waals surface area contributed by atoms with Crippen LogP contribution in [0.15, 0.2) is 64.7 Å². The highest BCUT2D eigenvalue weighted by Crippen LogP contribution is 2.35. The van der Waals surface area contributed by atoms with Gasteiger partial charge in [-0.2, -0.15) is 0 Å². The SMILES string of the molecule is CCc1ccc(NC(=O)CN2C(=O)N[C@H](c3ccc(SC)cc3)C3=C2COC3=O)cc1. The van der Waals surface area contributed by atoms with Gasteiger partial charge in [-0.3, -0.25) is 9.69 Å². The van der Waals surface area contributed by atoms with Crippen molar-refractivity contribution in [2.24, 2.45) is 0 Å². The number of aryl methyl sites for hydroxylation is 1. The van der Waals surface area contributed by atoms with Gasteiger partial charge in [-0.15, -0.1) is 11.8 Å². The molecule has 0 saturated heterocycles. The number of amides is 3. The Morgan fingerprint density at radius 3 is 2.52 bits per heavy atom. The zero-order valence-electron chi connectivity index (χ0n) is 17.3. The van der Waals surface area contributed by atoms with E-state index in [0.29, 0.717) is 17.0 Å². The van der Waals surface area contributed by atoms with Crippen molar-refractivity contribution in [1.29, 1.82) is 0 Å². The van der Waals surface area contributed by atoms with Gasteiger partial charge in [-0.25, -0.2) is 9.59 Å². The number of anilines is 1. The number of esters is 1. The molecule has 8 heteroatoms. The molecule has 1 atom stereocenters. The maximum absolute atomic E-state index is 12.9. The molecule has 4 rings (SSSR count). The van der Waals surface area contributed by atoms with Crippen LogP contribution in [-0.2, 0) is 20.7 Å². The Kier molecular flexibility index (Phi) is 5.99. The van der Waals surface area contributed by atoms with Gasteiger partial charge in [-0.05, 0) is 48.1 Å². The van der Waals surface area contributed by atoms with E-state index in [1.165, 1.54) is 10.5 Å². The number of hydrogen-bond acceptors (Lipinski definition) is 5. The molecule has 0 unspecified atom stereocenters. The third-order valence-corrected chi connectivity index (χ3v) is 6.14. The number of ether oxygens (including phenoxy) is 1. The molecular formula is C23H23N3O4S. The van der Waals surface area contributed by atoms with Gasteiger partial charge in [0.25, 0.3) is 0 Å². The van der Waals surface area contributed by atoms with Gasteiger partial charge in [0.2, 0.25) is 5.91 Å². The van der Waals surface area contributed by atoms with E-state index in [1.807, 2.05) is 54.8 Å². The largest absolute Gasteiger partial charge is 0.456 e. The van der Waals surface area contributed by atoms with Crippen LogP contribution < -0.4 is 10.6 Å². The van der Waals surface area contributed by atoms with Crippen molar-refractivity contribution in [3.63, 3.8) is 0 Å². The van der Waals surface area contributed by atoms with Crippen molar-refractivity contribution in [3.05, 3.63) is 70.9 Å². The number of rotatable bonds is 6. The highest BCUT2D eigenvalue weighted by Gasteiger charge is 2.42. The molecule has 0 fully saturated rings. The fourth-order valence-corrected chi connectivity index (χ4v) is 4.10. The van der Waals surface area contributed by atoms with Gasteiger partial charge in [0, 0.05) is 10.6 Å². The van der Waals surface area contributed by atoms with Crippen LogP contribution in [0.3, 0.4) is 0 Å². The minimum absolute atomic E-state index is 0.0283. The predicted molar refractivity (Wildman–Crippen MR) is 119 cm³/mol. The molecule has 2 aliphatic heterocycles. The molecule has 2 aromatic rings. The second kappa shape index (κ2) is 8.85. The number of carbonyl (C=O) groups is 3. The van der Waals surface area contributed by atoms with Gasteiger partial charge in [-0.1, -0.05) is 31.2 Å². The zero-order chi connectivity index (χ0) is 22.0. The number of benzene rings is 2. The van der Waals surface area contributed by atoms with Crippen LogP contribution >= 0.6 is 11.8 Å². The highest BCUT2D eigenvalue weighted by atomic mass is 32.2. The number of nitrogens with one attached hydrogen (secondary N) is 2. The molecule has 0 saturated carbocycles. The summed E-state index contributed by atoms with van der Waals surface area (Å²) in [5.41, 5.74) is 3.42. The van der Waals surface area contributed by atoms with Crippen molar-refractivity contribution in [2.45, 2.75) is 24.3 Å². The summed E-state index contributed by atoms with van der Waals surface area (Å²) in [6.07, 6.45) is 2.89. The van der Waals surface area contributed by atoms with E-state index in [0.717, 1.165) is 16.9 Å². The minimum Gasteiger partial charge on any atom is -0.456 e. The molecule has 2 N–H and O–H groups in total. The Balaban J connectivity index is 1.55. The Morgan fingerprint density at radius 1 is 1.16 bits per heavy atom. The van der Waals surface area contributed by atoms with Crippen LogP contribution in [0.1, 0.15) is 24.1 Å². The first-order valence-electron chi connectivity index (χ1n) is 10.0. The first-order chi connectivity index (χ1) is 15.0. The summed E-state index contributed by atoms with van der Waals surface area (Å²) in [4.78, 5) is 40.2. The van der Waals surface area contributed by atoms with Crippen LogP contribution in [-0.4, -0.2) is 42.2 Å². The molecule has 3 amide bonds. The summed E-state index contributed by atoms with van der Waals surface area (Å²) >= 11 is 1.61. The number of urea groups is 1. The lowest BCUT2D eigenvalue weighted by molar-refractivity contribution is -0.136.